The van der Waals surface area contributed by atoms with Gasteiger partial charge in [0.2, 0.25) is 0 Å². The molecule has 0 saturated heterocycles. The highest BCUT2D eigenvalue weighted by molar-refractivity contribution is 5.92. The average Bonchev–Trinajstić information content (AvgIpc) is 3.43. The maximum Gasteiger partial charge on any atom is 0.270 e. The first kappa shape index (κ1) is 18.2. The van der Waals surface area contributed by atoms with E-state index in [1.165, 1.54) is 6.07 Å². The van der Waals surface area contributed by atoms with Gasteiger partial charge in [-0.3, -0.25) is 9.59 Å². The molecule has 1 fully saturated rings. The Morgan fingerprint density at radius 3 is 2.62 bits per heavy atom. The zero-order valence-electron chi connectivity index (χ0n) is 14.1. The number of nitrogens with zero attached hydrogens (tertiary/aromatic N) is 1. The highest BCUT2D eigenvalue weighted by Crippen LogP contribution is 2.37. The van der Waals surface area contributed by atoms with Gasteiger partial charge in [0, 0.05) is 12.0 Å². The van der Waals surface area contributed by atoms with E-state index < -0.39 is 40.8 Å². The monoisotopic (exact) mass is 363 g/mol. The lowest BCUT2D eigenvalue weighted by atomic mass is 9.99. The number of aromatic nitrogens is 2. The van der Waals surface area contributed by atoms with Crippen LogP contribution in [0.15, 0.2) is 29.1 Å². The maximum atomic E-state index is 13.9. The molecular formula is C18H19F2N3O3. The van der Waals surface area contributed by atoms with Crippen LogP contribution in [-0.4, -0.2) is 27.0 Å². The minimum Gasteiger partial charge on any atom is -0.386 e. The second-order valence-corrected chi connectivity index (χ2v) is 6.36. The van der Waals surface area contributed by atoms with Crippen molar-refractivity contribution in [3.63, 3.8) is 0 Å². The molecule has 6 nitrogen and oxygen atoms in total. The van der Waals surface area contributed by atoms with Crippen LogP contribution in [0.1, 0.15) is 60.1 Å². The minimum absolute atomic E-state index is 0.0877. The fourth-order valence-electron chi connectivity index (χ4n) is 2.78. The predicted octanol–water partition coefficient (Wildman–Crippen LogP) is 2.17. The number of benzene rings is 1. The number of aliphatic hydroxyl groups is 1. The van der Waals surface area contributed by atoms with E-state index in [1.807, 2.05) is 0 Å². The Morgan fingerprint density at radius 1 is 1.38 bits per heavy atom. The number of halogens is 2. The molecule has 0 spiro atoms. The van der Waals surface area contributed by atoms with Crippen molar-refractivity contribution in [1.29, 1.82) is 0 Å². The van der Waals surface area contributed by atoms with E-state index >= 15 is 0 Å². The van der Waals surface area contributed by atoms with Crippen molar-refractivity contribution in [1.82, 2.24) is 15.3 Å². The van der Waals surface area contributed by atoms with E-state index in [0.717, 1.165) is 31.0 Å². The highest BCUT2D eigenvalue weighted by Gasteiger charge is 2.29. The number of aliphatic hydroxyl groups excluding tert-OH is 1. The van der Waals surface area contributed by atoms with Crippen molar-refractivity contribution in [3.05, 3.63) is 63.3 Å². The molecule has 1 aliphatic carbocycles. The number of hydrogen-bond acceptors (Lipinski definition) is 4. The first-order valence-electron chi connectivity index (χ1n) is 8.44. The van der Waals surface area contributed by atoms with Gasteiger partial charge in [-0.2, -0.15) is 0 Å². The summed E-state index contributed by atoms with van der Waals surface area (Å²) in [4.78, 5) is 30.9. The molecule has 1 aliphatic rings. The second kappa shape index (κ2) is 7.33. The van der Waals surface area contributed by atoms with Crippen LogP contribution in [0.3, 0.4) is 0 Å². The molecule has 138 valence electrons. The number of nitrogens with one attached hydrogen (secondary N) is 2. The van der Waals surface area contributed by atoms with Gasteiger partial charge in [0.15, 0.2) is 0 Å². The van der Waals surface area contributed by atoms with E-state index in [2.05, 4.69) is 15.3 Å². The van der Waals surface area contributed by atoms with E-state index in [1.54, 1.807) is 6.92 Å². The number of rotatable bonds is 6. The first-order chi connectivity index (χ1) is 12.4. The van der Waals surface area contributed by atoms with E-state index in [0.29, 0.717) is 5.82 Å². The Labute approximate surface area is 148 Å². The molecule has 2 atom stereocenters. The fraction of sp³-hybridized carbons (Fsp3) is 0.389. The third kappa shape index (κ3) is 3.80. The number of H-pyrrole nitrogens is 1. The average molecular weight is 363 g/mol. The minimum atomic E-state index is -1.57. The highest BCUT2D eigenvalue weighted by atomic mass is 19.1. The molecule has 0 bridgehead atoms. The Hall–Kier alpha value is -2.61. The molecule has 26 heavy (non-hydrogen) atoms. The molecular weight excluding hydrogens is 344 g/mol. The summed E-state index contributed by atoms with van der Waals surface area (Å²) in [5.74, 6) is -1.86. The number of hydrogen-bond donors (Lipinski definition) is 3. The summed E-state index contributed by atoms with van der Waals surface area (Å²) < 4.78 is 27.8. The fourth-order valence-corrected chi connectivity index (χ4v) is 2.78. The molecule has 1 aromatic carbocycles. The number of carbonyl (C=O) groups excluding carboxylic acids is 1. The molecule has 1 saturated carbocycles. The standard InChI is InChI=1S/C18H19F2N3O3/c1-2-12(16(25)15-10(19)4-3-5-11(15)20)22-18(26)13-8-14(24)23-17(21-13)9-6-7-9/h3-5,8-9,12,16,25H,2,6-7H2,1H3,(H,22,26)(H,21,23,24). The van der Waals surface area contributed by atoms with Crippen molar-refractivity contribution >= 4 is 5.91 Å². The number of amides is 1. The predicted molar refractivity (Wildman–Crippen MR) is 89.7 cm³/mol. The Morgan fingerprint density at radius 2 is 2.04 bits per heavy atom. The third-order valence-electron chi connectivity index (χ3n) is 4.39. The van der Waals surface area contributed by atoms with Crippen molar-refractivity contribution in [3.8, 4) is 0 Å². The Kier molecular flexibility index (Phi) is 5.13. The molecule has 8 heteroatoms. The van der Waals surface area contributed by atoms with Gasteiger partial charge in [0.05, 0.1) is 11.6 Å². The Balaban J connectivity index is 1.81. The molecule has 0 aliphatic heterocycles. The van der Waals surface area contributed by atoms with Gasteiger partial charge in [0.25, 0.3) is 11.5 Å². The summed E-state index contributed by atoms with van der Waals surface area (Å²) in [6.07, 6.45) is 0.447. The summed E-state index contributed by atoms with van der Waals surface area (Å²) in [6, 6.07) is 3.39. The molecule has 3 N–H and O–H groups in total. The van der Waals surface area contributed by atoms with Crippen molar-refractivity contribution in [2.75, 3.05) is 0 Å². The van der Waals surface area contributed by atoms with Crippen LogP contribution in [0, 0.1) is 11.6 Å². The molecule has 2 aromatic rings. The summed E-state index contributed by atoms with van der Waals surface area (Å²) >= 11 is 0. The van der Waals surface area contributed by atoms with Gasteiger partial charge in [-0.05, 0) is 31.4 Å². The summed E-state index contributed by atoms with van der Waals surface area (Å²) in [5.41, 5.74) is -1.03. The maximum absolute atomic E-state index is 13.9. The van der Waals surface area contributed by atoms with Crippen LogP contribution in [0.5, 0.6) is 0 Å². The van der Waals surface area contributed by atoms with Gasteiger partial charge in [0.1, 0.15) is 29.3 Å². The van der Waals surface area contributed by atoms with Crippen LogP contribution in [-0.2, 0) is 0 Å². The lowest BCUT2D eigenvalue weighted by molar-refractivity contribution is 0.0805. The Bertz CT molecular complexity index is 860. The summed E-state index contributed by atoms with van der Waals surface area (Å²) in [6.45, 7) is 1.66. The smallest absolute Gasteiger partial charge is 0.270 e. The van der Waals surface area contributed by atoms with E-state index in [-0.39, 0.29) is 18.0 Å². The first-order valence-corrected chi connectivity index (χ1v) is 8.44. The molecule has 1 aromatic heterocycles. The molecule has 2 unspecified atom stereocenters. The zero-order valence-corrected chi connectivity index (χ0v) is 14.1. The quantitative estimate of drug-likeness (QED) is 0.733. The van der Waals surface area contributed by atoms with Gasteiger partial charge < -0.3 is 15.4 Å². The normalized spacial score (nSPS) is 16.2. The molecule has 1 heterocycles. The van der Waals surface area contributed by atoms with Gasteiger partial charge >= 0.3 is 0 Å². The van der Waals surface area contributed by atoms with Crippen LogP contribution in [0.4, 0.5) is 8.78 Å². The van der Waals surface area contributed by atoms with E-state index in [4.69, 9.17) is 0 Å². The molecule has 3 rings (SSSR count). The zero-order chi connectivity index (χ0) is 18.8. The van der Waals surface area contributed by atoms with Crippen LogP contribution in [0.25, 0.3) is 0 Å². The van der Waals surface area contributed by atoms with Crippen LogP contribution in [0.2, 0.25) is 0 Å². The van der Waals surface area contributed by atoms with E-state index in [9.17, 15) is 23.5 Å². The molecule has 1 amide bonds. The van der Waals surface area contributed by atoms with Gasteiger partial charge in [-0.1, -0.05) is 13.0 Å². The topological polar surface area (TPSA) is 95.1 Å². The van der Waals surface area contributed by atoms with Crippen LogP contribution < -0.4 is 10.9 Å². The number of aromatic amines is 1. The van der Waals surface area contributed by atoms with Crippen molar-refractivity contribution in [2.45, 2.75) is 44.2 Å². The summed E-state index contributed by atoms with van der Waals surface area (Å²) in [7, 11) is 0. The van der Waals surface area contributed by atoms with Gasteiger partial charge in [-0.15, -0.1) is 0 Å². The third-order valence-corrected chi connectivity index (χ3v) is 4.39. The van der Waals surface area contributed by atoms with Crippen molar-refractivity contribution < 1.29 is 18.7 Å². The SMILES string of the molecule is CCC(NC(=O)c1cc(=O)[nH]c(C2CC2)n1)C(O)c1c(F)cccc1F. The lowest BCUT2D eigenvalue weighted by Gasteiger charge is -2.23. The second-order valence-electron chi connectivity index (χ2n) is 6.36. The lowest BCUT2D eigenvalue weighted by Crippen LogP contribution is -2.40. The van der Waals surface area contributed by atoms with Crippen molar-refractivity contribution in [2.24, 2.45) is 0 Å². The van der Waals surface area contributed by atoms with Gasteiger partial charge in [-0.25, -0.2) is 13.8 Å². The largest absolute Gasteiger partial charge is 0.386 e. The van der Waals surface area contributed by atoms with Crippen LogP contribution >= 0.6 is 0 Å². The number of carbonyl (C=O) groups is 1. The summed E-state index contributed by atoms with van der Waals surface area (Å²) in [5, 5.41) is 12.9. The molecule has 0 radical (unpaired) electrons.